The van der Waals surface area contributed by atoms with Crippen LogP contribution >= 0.6 is 0 Å². The third-order valence-electron chi connectivity index (χ3n) is 4.09. The van der Waals surface area contributed by atoms with E-state index in [0.717, 1.165) is 5.56 Å². The number of hydrogen-bond donors (Lipinski definition) is 3. The predicted molar refractivity (Wildman–Crippen MR) is 118 cm³/mol. The SMILES string of the molecule is C=CCNC(=O)CC(=O)N/N=C/c1ccc(OCC(=O)N[C@@H](C)c2ccccc2)cc1. The van der Waals surface area contributed by atoms with E-state index in [4.69, 9.17) is 4.74 Å². The number of hydrogen-bond acceptors (Lipinski definition) is 5. The van der Waals surface area contributed by atoms with E-state index in [0.29, 0.717) is 17.9 Å². The van der Waals surface area contributed by atoms with Crippen LogP contribution in [0.2, 0.25) is 0 Å². The molecule has 1 atom stereocenters. The van der Waals surface area contributed by atoms with Crippen molar-refractivity contribution >= 4 is 23.9 Å². The van der Waals surface area contributed by atoms with Crippen molar-refractivity contribution in [2.75, 3.05) is 13.2 Å². The van der Waals surface area contributed by atoms with E-state index < -0.39 is 11.8 Å². The van der Waals surface area contributed by atoms with E-state index in [-0.39, 0.29) is 25.0 Å². The zero-order chi connectivity index (χ0) is 22.5. The monoisotopic (exact) mass is 422 g/mol. The maximum Gasteiger partial charge on any atom is 0.258 e. The minimum atomic E-state index is -0.520. The molecule has 0 fully saturated rings. The highest BCUT2D eigenvalue weighted by Crippen LogP contribution is 2.13. The molecule has 162 valence electrons. The van der Waals surface area contributed by atoms with E-state index >= 15 is 0 Å². The molecule has 31 heavy (non-hydrogen) atoms. The van der Waals surface area contributed by atoms with Gasteiger partial charge < -0.3 is 15.4 Å². The van der Waals surface area contributed by atoms with Crippen LogP contribution in [-0.2, 0) is 14.4 Å². The van der Waals surface area contributed by atoms with Crippen molar-refractivity contribution in [1.82, 2.24) is 16.1 Å². The first-order valence-corrected chi connectivity index (χ1v) is 9.74. The Morgan fingerprint density at radius 3 is 2.42 bits per heavy atom. The van der Waals surface area contributed by atoms with Gasteiger partial charge in [0.15, 0.2) is 6.61 Å². The molecule has 0 unspecified atom stereocenters. The summed E-state index contributed by atoms with van der Waals surface area (Å²) >= 11 is 0. The molecule has 0 aliphatic rings. The van der Waals surface area contributed by atoms with E-state index in [2.05, 4.69) is 27.7 Å². The normalized spacial score (nSPS) is 11.4. The quantitative estimate of drug-likeness (QED) is 0.223. The van der Waals surface area contributed by atoms with Gasteiger partial charge >= 0.3 is 0 Å². The van der Waals surface area contributed by atoms with Crippen LogP contribution in [0.4, 0.5) is 0 Å². The fraction of sp³-hybridized carbons (Fsp3) is 0.217. The van der Waals surface area contributed by atoms with Crippen molar-refractivity contribution < 1.29 is 19.1 Å². The topological polar surface area (TPSA) is 109 Å². The number of carbonyl (C=O) groups excluding carboxylic acids is 3. The third kappa shape index (κ3) is 8.95. The van der Waals surface area contributed by atoms with Crippen LogP contribution in [0.3, 0.4) is 0 Å². The smallest absolute Gasteiger partial charge is 0.258 e. The summed E-state index contributed by atoms with van der Waals surface area (Å²) in [7, 11) is 0. The van der Waals surface area contributed by atoms with Crippen molar-refractivity contribution in [2.45, 2.75) is 19.4 Å². The molecule has 0 aliphatic heterocycles. The summed E-state index contributed by atoms with van der Waals surface area (Å²) in [5.41, 5.74) is 4.02. The highest BCUT2D eigenvalue weighted by atomic mass is 16.5. The molecule has 3 amide bonds. The van der Waals surface area contributed by atoms with E-state index in [1.165, 1.54) is 12.3 Å². The van der Waals surface area contributed by atoms with Crippen LogP contribution < -0.4 is 20.8 Å². The number of carbonyl (C=O) groups is 3. The first-order valence-electron chi connectivity index (χ1n) is 9.74. The van der Waals surface area contributed by atoms with Crippen molar-refractivity contribution in [3.63, 3.8) is 0 Å². The number of hydrazone groups is 1. The van der Waals surface area contributed by atoms with Gasteiger partial charge in [-0.2, -0.15) is 5.10 Å². The summed E-state index contributed by atoms with van der Waals surface area (Å²) in [5.74, 6) is -0.616. The van der Waals surface area contributed by atoms with E-state index in [1.807, 2.05) is 37.3 Å². The van der Waals surface area contributed by atoms with Crippen molar-refractivity contribution in [1.29, 1.82) is 0 Å². The zero-order valence-corrected chi connectivity index (χ0v) is 17.3. The Labute approximate surface area is 181 Å². The van der Waals surface area contributed by atoms with Gasteiger partial charge in [-0.15, -0.1) is 6.58 Å². The summed E-state index contributed by atoms with van der Waals surface area (Å²) < 4.78 is 5.50. The predicted octanol–water partition coefficient (Wildman–Crippen LogP) is 2.09. The molecule has 3 N–H and O–H groups in total. The molecule has 0 bridgehead atoms. The first kappa shape index (κ1) is 23.3. The van der Waals surface area contributed by atoms with Crippen LogP contribution in [0.1, 0.15) is 30.5 Å². The van der Waals surface area contributed by atoms with Crippen LogP contribution in [0, 0.1) is 0 Å². The number of ether oxygens (including phenoxy) is 1. The lowest BCUT2D eigenvalue weighted by molar-refractivity contribution is -0.129. The molecule has 0 aromatic heterocycles. The Hall–Kier alpha value is -3.94. The number of nitrogens with zero attached hydrogens (tertiary/aromatic N) is 1. The van der Waals surface area contributed by atoms with Crippen molar-refractivity contribution in [2.24, 2.45) is 5.10 Å². The fourth-order valence-corrected chi connectivity index (χ4v) is 2.52. The summed E-state index contributed by atoms with van der Waals surface area (Å²) in [5, 5.41) is 9.20. The molecule has 2 rings (SSSR count). The second kappa shape index (κ2) is 12.6. The number of benzene rings is 2. The lowest BCUT2D eigenvalue weighted by atomic mass is 10.1. The van der Waals surface area contributed by atoms with Gasteiger partial charge in [0.1, 0.15) is 12.2 Å². The molecule has 0 heterocycles. The van der Waals surface area contributed by atoms with Crippen molar-refractivity contribution in [3.05, 3.63) is 78.4 Å². The Balaban J connectivity index is 1.73. The Morgan fingerprint density at radius 1 is 1.03 bits per heavy atom. The van der Waals surface area contributed by atoms with Crippen LogP contribution in [0.5, 0.6) is 5.75 Å². The van der Waals surface area contributed by atoms with Crippen LogP contribution in [0.25, 0.3) is 0 Å². The van der Waals surface area contributed by atoms with E-state index in [1.54, 1.807) is 24.3 Å². The molecular formula is C23H26N4O4. The number of amides is 3. The van der Waals surface area contributed by atoms with Gasteiger partial charge in [-0.3, -0.25) is 14.4 Å². The molecule has 0 radical (unpaired) electrons. The van der Waals surface area contributed by atoms with Gasteiger partial charge in [-0.05, 0) is 42.3 Å². The Morgan fingerprint density at radius 2 is 1.74 bits per heavy atom. The van der Waals surface area contributed by atoms with Crippen molar-refractivity contribution in [3.8, 4) is 5.75 Å². The van der Waals surface area contributed by atoms with Gasteiger partial charge in [0.2, 0.25) is 11.8 Å². The molecule has 8 nitrogen and oxygen atoms in total. The number of rotatable bonds is 11. The Bertz CT molecular complexity index is 911. The average molecular weight is 422 g/mol. The molecule has 8 heteroatoms. The third-order valence-corrected chi connectivity index (χ3v) is 4.09. The molecule has 0 saturated heterocycles. The van der Waals surface area contributed by atoms with Gasteiger partial charge in [0.25, 0.3) is 5.91 Å². The van der Waals surface area contributed by atoms with Gasteiger partial charge in [-0.1, -0.05) is 36.4 Å². The van der Waals surface area contributed by atoms with Gasteiger partial charge in [-0.25, -0.2) is 5.43 Å². The molecular weight excluding hydrogens is 396 g/mol. The van der Waals surface area contributed by atoms with Crippen LogP contribution in [-0.4, -0.2) is 37.1 Å². The summed E-state index contributed by atoms with van der Waals surface area (Å²) in [6, 6.07) is 16.4. The lowest BCUT2D eigenvalue weighted by Gasteiger charge is -2.14. The molecule has 2 aromatic rings. The van der Waals surface area contributed by atoms with Gasteiger partial charge in [0, 0.05) is 6.54 Å². The first-order chi connectivity index (χ1) is 15.0. The lowest BCUT2D eigenvalue weighted by Crippen LogP contribution is -2.31. The second-order valence-electron chi connectivity index (χ2n) is 6.62. The minimum absolute atomic E-state index is 0.103. The van der Waals surface area contributed by atoms with E-state index in [9.17, 15) is 14.4 Å². The maximum absolute atomic E-state index is 12.1. The maximum atomic E-state index is 12.1. The summed E-state index contributed by atoms with van der Waals surface area (Å²) in [6.07, 6.45) is 2.65. The average Bonchev–Trinajstić information content (AvgIpc) is 2.77. The fourth-order valence-electron chi connectivity index (χ4n) is 2.52. The van der Waals surface area contributed by atoms with Crippen LogP contribution in [0.15, 0.2) is 72.4 Å². The number of nitrogens with one attached hydrogen (secondary N) is 3. The van der Waals surface area contributed by atoms with Gasteiger partial charge in [0.05, 0.1) is 12.3 Å². The summed E-state index contributed by atoms with van der Waals surface area (Å²) in [4.78, 5) is 35.1. The Kier molecular flexibility index (Phi) is 9.48. The molecule has 0 aliphatic carbocycles. The molecule has 0 spiro atoms. The largest absolute Gasteiger partial charge is 0.484 e. The zero-order valence-electron chi connectivity index (χ0n) is 17.3. The standard InChI is InChI=1S/C23H26N4O4/c1-3-13-24-21(28)14-22(29)27-25-15-18-9-11-20(12-10-18)31-16-23(30)26-17(2)19-7-5-4-6-8-19/h3-12,15,17H,1,13-14,16H2,2H3,(H,24,28)(H,26,30)(H,27,29)/b25-15+/t17-/m0/s1. The molecule has 0 saturated carbocycles. The summed E-state index contributed by atoms with van der Waals surface area (Å²) in [6.45, 7) is 5.59. The molecule has 2 aromatic carbocycles. The minimum Gasteiger partial charge on any atom is -0.484 e. The second-order valence-corrected chi connectivity index (χ2v) is 6.62. The highest BCUT2D eigenvalue weighted by Gasteiger charge is 2.10. The highest BCUT2D eigenvalue weighted by molar-refractivity contribution is 5.97.